The summed E-state index contributed by atoms with van der Waals surface area (Å²) in [6, 6.07) is 5.16. The van der Waals surface area contributed by atoms with Gasteiger partial charge in [0.2, 0.25) is 0 Å². The highest BCUT2D eigenvalue weighted by atomic mass is 32.2. The molecular formula is C14H10F2N2S. The highest BCUT2D eigenvalue weighted by molar-refractivity contribution is 8.00. The molecular weight excluding hydrogens is 266 g/mol. The Bertz CT molecular complexity index is 650. The van der Waals surface area contributed by atoms with E-state index >= 15 is 0 Å². The molecule has 19 heavy (non-hydrogen) atoms. The summed E-state index contributed by atoms with van der Waals surface area (Å²) in [6.07, 6.45) is 6.88. The van der Waals surface area contributed by atoms with Crippen LogP contribution in [0.5, 0.6) is 0 Å². The molecule has 0 unspecified atom stereocenters. The maximum Gasteiger partial charge on any atom is 0.141 e. The van der Waals surface area contributed by atoms with Crippen molar-refractivity contribution in [3.63, 3.8) is 0 Å². The molecule has 1 aromatic carbocycles. The Balaban J connectivity index is 2.16. The van der Waals surface area contributed by atoms with Gasteiger partial charge in [-0.15, -0.1) is 6.42 Å². The number of anilines is 1. The van der Waals surface area contributed by atoms with Crippen LogP contribution in [0.3, 0.4) is 0 Å². The predicted octanol–water partition coefficient (Wildman–Crippen LogP) is 3.77. The molecule has 0 saturated heterocycles. The maximum atomic E-state index is 13.5. The van der Waals surface area contributed by atoms with Crippen LogP contribution in [-0.4, -0.2) is 4.98 Å². The average Bonchev–Trinajstić information content (AvgIpc) is 2.39. The standard InChI is InChI=1S/C14H10F2N2S/c1-3-10-6-13(9(2)17-8-10)18-19-14-5-4-11(15)7-12(14)16/h1,4-8,18H,2H3. The fourth-order valence-corrected chi connectivity index (χ4v) is 2.10. The molecule has 96 valence electrons. The molecule has 1 heterocycles. The molecule has 0 aliphatic carbocycles. The molecule has 2 nitrogen and oxygen atoms in total. The van der Waals surface area contributed by atoms with Crippen molar-refractivity contribution in [2.45, 2.75) is 11.8 Å². The van der Waals surface area contributed by atoms with Gasteiger partial charge in [-0.1, -0.05) is 5.92 Å². The molecule has 2 aromatic rings. The van der Waals surface area contributed by atoms with Crippen LogP contribution in [0, 0.1) is 30.9 Å². The SMILES string of the molecule is C#Cc1cnc(C)c(NSc2ccc(F)cc2F)c1. The molecule has 0 spiro atoms. The summed E-state index contributed by atoms with van der Waals surface area (Å²) in [5.41, 5.74) is 2.08. The first-order valence-electron chi connectivity index (χ1n) is 5.41. The summed E-state index contributed by atoms with van der Waals surface area (Å²) in [5.74, 6) is 1.26. The van der Waals surface area contributed by atoms with Crippen LogP contribution in [0.15, 0.2) is 35.4 Å². The minimum Gasteiger partial charge on any atom is -0.324 e. The molecule has 1 aromatic heterocycles. The molecule has 1 N–H and O–H groups in total. The predicted molar refractivity (Wildman–Crippen MR) is 72.7 cm³/mol. The molecule has 0 aliphatic heterocycles. The number of terminal acetylenes is 1. The van der Waals surface area contributed by atoms with E-state index in [1.54, 1.807) is 12.3 Å². The summed E-state index contributed by atoms with van der Waals surface area (Å²) in [7, 11) is 0. The number of benzene rings is 1. The molecule has 0 saturated carbocycles. The second-order valence-electron chi connectivity index (χ2n) is 3.78. The van der Waals surface area contributed by atoms with Gasteiger partial charge in [0.05, 0.1) is 16.3 Å². The van der Waals surface area contributed by atoms with Gasteiger partial charge >= 0.3 is 0 Å². The van der Waals surface area contributed by atoms with Crippen molar-refractivity contribution in [2.24, 2.45) is 0 Å². The van der Waals surface area contributed by atoms with Crippen LogP contribution in [0.1, 0.15) is 11.3 Å². The van der Waals surface area contributed by atoms with E-state index < -0.39 is 11.6 Å². The van der Waals surface area contributed by atoms with Gasteiger partial charge < -0.3 is 4.72 Å². The lowest BCUT2D eigenvalue weighted by atomic mass is 10.2. The van der Waals surface area contributed by atoms with Gasteiger partial charge in [0.15, 0.2) is 0 Å². The third-order valence-electron chi connectivity index (χ3n) is 2.42. The lowest BCUT2D eigenvalue weighted by molar-refractivity contribution is 0.566. The average molecular weight is 276 g/mol. The molecule has 0 atom stereocenters. The number of nitrogens with zero attached hydrogens (tertiary/aromatic N) is 1. The number of hydrogen-bond donors (Lipinski definition) is 1. The van der Waals surface area contributed by atoms with Gasteiger partial charge in [-0.2, -0.15) is 0 Å². The van der Waals surface area contributed by atoms with Crippen molar-refractivity contribution in [3.05, 3.63) is 53.4 Å². The van der Waals surface area contributed by atoms with E-state index in [-0.39, 0.29) is 0 Å². The van der Waals surface area contributed by atoms with Gasteiger partial charge in [0.25, 0.3) is 0 Å². The van der Waals surface area contributed by atoms with Crippen LogP contribution < -0.4 is 4.72 Å². The lowest BCUT2D eigenvalue weighted by Gasteiger charge is -2.09. The Labute approximate surface area is 114 Å². The first kappa shape index (κ1) is 13.4. The monoisotopic (exact) mass is 276 g/mol. The maximum absolute atomic E-state index is 13.5. The molecule has 0 aliphatic rings. The highest BCUT2D eigenvalue weighted by Crippen LogP contribution is 2.25. The highest BCUT2D eigenvalue weighted by Gasteiger charge is 2.06. The van der Waals surface area contributed by atoms with Gasteiger partial charge in [0, 0.05) is 17.8 Å². The fourth-order valence-electron chi connectivity index (χ4n) is 1.38. The number of halogens is 2. The third-order valence-corrected chi connectivity index (χ3v) is 3.29. The summed E-state index contributed by atoms with van der Waals surface area (Å²) >= 11 is 1.04. The van der Waals surface area contributed by atoms with Crippen molar-refractivity contribution < 1.29 is 8.78 Å². The minimum atomic E-state index is -0.615. The Morgan fingerprint density at radius 1 is 1.32 bits per heavy atom. The molecule has 0 fully saturated rings. The van der Waals surface area contributed by atoms with Crippen molar-refractivity contribution >= 4 is 17.6 Å². The number of nitrogens with one attached hydrogen (secondary N) is 1. The quantitative estimate of drug-likeness (QED) is 0.682. The van der Waals surface area contributed by atoms with Crippen LogP contribution in [0.25, 0.3) is 0 Å². The zero-order chi connectivity index (χ0) is 13.8. The van der Waals surface area contributed by atoms with E-state index in [0.29, 0.717) is 16.1 Å². The van der Waals surface area contributed by atoms with Crippen molar-refractivity contribution in [1.29, 1.82) is 0 Å². The second-order valence-corrected chi connectivity index (χ2v) is 4.63. The van der Waals surface area contributed by atoms with E-state index in [2.05, 4.69) is 15.6 Å². The van der Waals surface area contributed by atoms with Gasteiger partial charge in [-0.3, -0.25) is 4.98 Å². The number of pyridine rings is 1. The zero-order valence-corrected chi connectivity index (χ0v) is 10.9. The Kier molecular flexibility index (Phi) is 4.03. The first-order chi connectivity index (χ1) is 9.10. The van der Waals surface area contributed by atoms with E-state index in [9.17, 15) is 8.78 Å². The van der Waals surface area contributed by atoms with Gasteiger partial charge in [-0.25, -0.2) is 8.78 Å². The Morgan fingerprint density at radius 2 is 2.11 bits per heavy atom. The smallest absolute Gasteiger partial charge is 0.141 e. The zero-order valence-electron chi connectivity index (χ0n) is 10.1. The first-order valence-corrected chi connectivity index (χ1v) is 6.23. The molecule has 5 heteroatoms. The minimum absolute atomic E-state index is 0.298. The second kappa shape index (κ2) is 5.72. The van der Waals surface area contributed by atoms with Crippen LogP contribution >= 0.6 is 11.9 Å². The van der Waals surface area contributed by atoms with Gasteiger partial charge in [0.1, 0.15) is 11.6 Å². The molecule has 0 bridgehead atoms. The van der Waals surface area contributed by atoms with Crippen molar-refractivity contribution in [2.75, 3.05) is 4.72 Å². The van der Waals surface area contributed by atoms with E-state index in [4.69, 9.17) is 6.42 Å². The van der Waals surface area contributed by atoms with Crippen molar-refractivity contribution in [3.8, 4) is 12.3 Å². The number of hydrogen-bond acceptors (Lipinski definition) is 3. The molecule has 0 amide bonds. The van der Waals surface area contributed by atoms with Crippen LogP contribution in [-0.2, 0) is 0 Å². The van der Waals surface area contributed by atoms with E-state index in [1.165, 1.54) is 12.1 Å². The van der Waals surface area contributed by atoms with Crippen molar-refractivity contribution in [1.82, 2.24) is 4.98 Å². The number of aromatic nitrogens is 1. The summed E-state index contributed by atoms with van der Waals surface area (Å²) < 4.78 is 29.2. The van der Waals surface area contributed by atoms with E-state index in [0.717, 1.165) is 23.7 Å². The molecule has 2 rings (SSSR count). The lowest BCUT2D eigenvalue weighted by Crippen LogP contribution is -1.95. The van der Waals surface area contributed by atoms with E-state index in [1.807, 2.05) is 6.92 Å². The fraction of sp³-hybridized carbons (Fsp3) is 0.0714. The summed E-state index contributed by atoms with van der Waals surface area (Å²) in [4.78, 5) is 4.42. The summed E-state index contributed by atoms with van der Waals surface area (Å²) in [6.45, 7) is 1.81. The number of rotatable bonds is 3. The van der Waals surface area contributed by atoms with Crippen LogP contribution in [0.2, 0.25) is 0 Å². The summed E-state index contributed by atoms with van der Waals surface area (Å²) in [5, 5.41) is 0. The largest absolute Gasteiger partial charge is 0.324 e. The van der Waals surface area contributed by atoms with Gasteiger partial charge in [-0.05, 0) is 37.1 Å². The normalized spacial score (nSPS) is 10.0. The topological polar surface area (TPSA) is 24.9 Å². The van der Waals surface area contributed by atoms with Crippen LogP contribution in [0.4, 0.5) is 14.5 Å². The molecule has 0 radical (unpaired) electrons. The Morgan fingerprint density at radius 3 is 2.79 bits per heavy atom. The number of aryl methyl sites for hydroxylation is 1. The third kappa shape index (κ3) is 3.24. The Hall–Kier alpha value is -2.06.